The molecule has 0 radical (unpaired) electrons. The summed E-state index contributed by atoms with van der Waals surface area (Å²) in [7, 11) is 1.36. The molecule has 0 aliphatic carbocycles. The third-order valence-corrected chi connectivity index (χ3v) is 3.47. The fourth-order valence-corrected chi connectivity index (χ4v) is 2.19. The maximum Gasteiger partial charge on any atom is 0.390 e. The van der Waals surface area contributed by atoms with Crippen LogP contribution in [0.5, 0.6) is 0 Å². The van der Waals surface area contributed by atoms with Crippen molar-refractivity contribution in [1.29, 1.82) is 0 Å². The molecule has 106 valence electrons. The monoisotopic (exact) mass is 296 g/mol. The van der Waals surface area contributed by atoms with Crippen LogP contribution in [0.2, 0.25) is 0 Å². The number of carbonyl (C=O) groups excluding carboxylic acids is 1. The van der Waals surface area contributed by atoms with Crippen molar-refractivity contribution in [3.63, 3.8) is 0 Å². The lowest BCUT2D eigenvalue weighted by atomic mass is 10.3. The summed E-state index contributed by atoms with van der Waals surface area (Å²) >= 11 is 0.772. The molecule has 1 N–H and O–H groups in total. The first kappa shape index (κ1) is 15.4. The number of hydrogen-bond acceptors (Lipinski definition) is 5. The Morgan fingerprint density at radius 3 is 2.37 bits per heavy atom. The summed E-state index contributed by atoms with van der Waals surface area (Å²) in [6.45, 7) is 0.826. The van der Waals surface area contributed by atoms with Gasteiger partial charge in [0.1, 0.15) is 4.88 Å². The zero-order valence-electron chi connectivity index (χ0n) is 10.1. The molecule has 5 nitrogen and oxygen atoms in total. The molecule has 9 heteroatoms. The van der Waals surface area contributed by atoms with Gasteiger partial charge in [-0.25, -0.2) is 9.78 Å². The van der Waals surface area contributed by atoms with Crippen molar-refractivity contribution in [3.05, 3.63) is 10.6 Å². The van der Waals surface area contributed by atoms with Gasteiger partial charge in [0, 0.05) is 20.5 Å². The molecule has 0 aromatic carbocycles. The lowest BCUT2D eigenvalue weighted by Crippen LogP contribution is -2.24. The summed E-state index contributed by atoms with van der Waals surface area (Å²) in [4.78, 5) is 26.9. The number of alkyl halides is 3. The number of ketones is 1. The molecule has 1 aromatic heterocycles. The second-order valence-corrected chi connectivity index (χ2v) is 4.80. The number of hydrogen-bond donors (Lipinski definition) is 1. The molecule has 0 saturated carbocycles. The average Bonchev–Trinajstić information content (AvgIpc) is 2.69. The number of carboxylic acid groups (broad SMARTS) is 1. The van der Waals surface area contributed by atoms with Crippen molar-refractivity contribution in [2.45, 2.75) is 19.5 Å². The summed E-state index contributed by atoms with van der Waals surface area (Å²) in [5.74, 6) is -1.86. The summed E-state index contributed by atoms with van der Waals surface area (Å²) in [5, 5.41) is 8.94. The van der Waals surface area contributed by atoms with E-state index in [0.717, 1.165) is 11.3 Å². The third kappa shape index (κ3) is 4.19. The van der Waals surface area contributed by atoms with Crippen LogP contribution in [-0.4, -0.2) is 41.6 Å². The second-order valence-electron chi connectivity index (χ2n) is 3.82. The predicted octanol–water partition coefficient (Wildman–Crippen LogP) is 2.43. The molecule has 19 heavy (non-hydrogen) atoms. The fraction of sp³-hybridized carbons (Fsp3) is 0.500. The van der Waals surface area contributed by atoms with E-state index in [1.54, 1.807) is 0 Å². The van der Waals surface area contributed by atoms with Crippen LogP contribution < -0.4 is 4.90 Å². The maximum absolute atomic E-state index is 12.1. The summed E-state index contributed by atoms with van der Waals surface area (Å²) in [6.07, 6.45) is -5.34. The van der Waals surface area contributed by atoms with Gasteiger partial charge >= 0.3 is 12.1 Å². The lowest BCUT2D eigenvalue weighted by molar-refractivity contribution is -0.132. The number of halogens is 3. The SMILES string of the molecule is CC(=O)c1sc(N(C)CCC(F)(F)F)nc1C(=O)O. The van der Waals surface area contributed by atoms with Gasteiger partial charge in [0.25, 0.3) is 0 Å². The lowest BCUT2D eigenvalue weighted by Gasteiger charge is -2.16. The first-order valence-corrected chi connectivity index (χ1v) is 5.96. The topological polar surface area (TPSA) is 70.5 Å². The zero-order valence-corrected chi connectivity index (χ0v) is 10.9. The molecule has 0 aliphatic rings. The summed E-state index contributed by atoms with van der Waals surface area (Å²) in [6, 6.07) is 0. The molecular formula is C10H11F3N2O3S. The fourth-order valence-electron chi connectivity index (χ4n) is 1.25. The molecule has 0 aliphatic heterocycles. The van der Waals surface area contributed by atoms with E-state index in [-0.39, 0.29) is 16.6 Å². The number of aromatic carboxylic acids is 1. The minimum Gasteiger partial charge on any atom is -0.476 e. The molecule has 0 fully saturated rings. The minimum atomic E-state index is -4.30. The normalized spacial score (nSPS) is 11.4. The van der Waals surface area contributed by atoms with Crippen molar-refractivity contribution in [2.24, 2.45) is 0 Å². The molecule has 1 rings (SSSR count). The number of aromatic nitrogens is 1. The molecule has 0 amide bonds. The molecule has 0 atom stereocenters. The van der Waals surface area contributed by atoms with Gasteiger partial charge in [-0.15, -0.1) is 0 Å². The quantitative estimate of drug-likeness (QED) is 0.845. The highest BCUT2D eigenvalue weighted by Crippen LogP contribution is 2.28. The molecule has 1 aromatic rings. The van der Waals surface area contributed by atoms with Crippen LogP contribution in [0.25, 0.3) is 0 Å². The zero-order chi connectivity index (χ0) is 14.8. The van der Waals surface area contributed by atoms with Gasteiger partial charge in [0.15, 0.2) is 16.6 Å². The van der Waals surface area contributed by atoms with Crippen molar-refractivity contribution >= 4 is 28.2 Å². The van der Waals surface area contributed by atoms with Gasteiger partial charge < -0.3 is 10.0 Å². The third-order valence-electron chi connectivity index (χ3n) is 2.20. The van der Waals surface area contributed by atoms with Crippen molar-refractivity contribution in [2.75, 3.05) is 18.5 Å². The van der Waals surface area contributed by atoms with E-state index in [2.05, 4.69) is 4.98 Å². The number of thiazole rings is 1. The van der Waals surface area contributed by atoms with Crippen molar-refractivity contribution in [3.8, 4) is 0 Å². The molecule has 0 bridgehead atoms. The Kier molecular flexibility index (Phi) is 4.51. The van der Waals surface area contributed by atoms with E-state index in [4.69, 9.17) is 5.11 Å². The standard InChI is InChI=1S/C10H11F3N2O3S/c1-5(16)7-6(8(17)18)14-9(19-7)15(2)4-3-10(11,12)13/h3-4H2,1-2H3,(H,17,18). The highest BCUT2D eigenvalue weighted by atomic mass is 32.1. The Hall–Kier alpha value is -1.64. The number of nitrogens with zero attached hydrogens (tertiary/aromatic N) is 2. The molecule has 0 saturated heterocycles. The van der Waals surface area contributed by atoms with Crippen LogP contribution in [0.4, 0.5) is 18.3 Å². The van der Waals surface area contributed by atoms with Crippen molar-refractivity contribution in [1.82, 2.24) is 4.98 Å². The van der Waals surface area contributed by atoms with E-state index in [9.17, 15) is 22.8 Å². The Morgan fingerprint density at radius 1 is 1.42 bits per heavy atom. The largest absolute Gasteiger partial charge is 0.476 e. The van der Waals surface area contributed by atoms with Crippen molar-refractivity contribution < 1.29 is 27.9 Å². The van der Waals surface area contributed by atoms with E-state index < -0.39 is 30.0 Å². The Labute approximate surface area is 110 Å². The van der Waals surface area contributed by atoms with Gasteiger partial charge in [0.2, 0.25) is 0 Å². The van der Waals surface area contributed by atoms with Crippen LogP contribution >= 0.6 is 11.3 Å². The van der Waals surface area contributed by atoms with Crippen LogP contribution in [0.3, 0.4) is 0 Å². The number of carboxylic acids is 1. The van der Waals surface area contributed by atoms with Crippen LogP contribution in [0.1, 0.15) is 33.5 Å². The molecule has 1 heterocycles. The number of Topliss-reactive ketones (excluding diaryl/α,β-unsaturated/α-hetero) is 1. The summed E-state index contributed by atoms with van der Waals surface area (Å²) < 4.78 is 36.2. The molecular weight excluding hydrogens is 285 g/mol. The Morgan fingerprint density at radius 2 is 2.00 bits per heavy atom. The van der Waals surface area contributed by atoms with Gasteiger partial charge in [-0.1, -0.05) is 11.3 Å². The van der Waals surface area contributed by atoms with Crippen LogP contribution in [0.15, 0.2) is 0 Å². The number of rotatable bonds is 5. The molecule has 0 spiro atoms. The van der Waals surface area contributed by atoms with Gasteiger partial charge in [0.05, 0.1) is 6.42 Å². The van der Waals surface area contributed by atoms with Crippen LogP contribution in [-0.2, 0) is 0 Å². The Bertz CT molecular complexity index is 467. The first-order valence-electron chi connectivity index (χ1n) is 5.14. The van der Waals surface area contributed by atoms with E-state index in [0.29, 0.717) is 0 Å². The predicted molar refractivity (Wildman–Crippen MR) is 63.0 cm³/mol. The molecule has 0 unspecified atom stereocenters. The maximum atomic E-state index is 12.1. The Balaban J connectivity index is 2.92. The van der Waals surface area contributed by atoms with E-state index in [1.807, 2.05) is 0 Å². The summed E-state index contributed by atoms with van der Waals surface area (Å²) in [5.41, 5.74) is -0.425. The second kappa shape index (κ2) is 5.55. The number of anilines is 1. The smallest absolute Gasteiger partial charge is 0.390 e. The highest BCUT2D eigenvalue weighted by molar-refractivity contribution is 7.17. The van der Waals surface area contributed by atoms with E-state index >= 15 is 0 Å². The van der Waals surface area contributed by atoms with Crippen LogP contribution in [0, 0.1) is 0 Å². The minimum absolute atomic E-state index is 0.0682. The van der Waals surface area contributed by atoms with Gasteiger partial charge in [-0.3, -0.25) is 4.79 Å². The highest BCUT2D eigenvalue weighted by Gasteiger charge is 2.28. The first-order chi connectivity index (χ1) is 8.61. The van der Waals surface area contributed by atoms with E-state index in [1.165, 1.54) is 18.9 Å². The number of carbonyl (C=O) groups is 2. The van der Waals surface area contributed by atoms with Gasteiger partial charge in [-0.2, -0.15) is 13.2 Å². The average molecular weight is 296 g/mol. The van der Waals surface area contributed by atoms with Gasteiger partial charge in [-0.05, 0) is 0 Å².